The zero-order valence-corrected chi connectivity index (χ0v) is 17.2. The van der Waals surface area contributed by atoms with Crippen molar-refractivity contribution >= 4 is 27.7 Å². The second-order valence-corrected chi connectivity index (χ2v) is 9.33. The van der Waals surface area contributed by atoms with Crippen molar-refractivity contribution in [1.29, 1.82) is 0 Å². The summed E-state index contributed by atoms with van der Waals surface area (Å²) in [5, 5.41) is 2.72. The minimum atomic E-state index is -3.93. The molecule has 9 heteroatoms. The Morgan fingerprint density at radius 3 is 2.20 bits per heavy atom. The molecule has 1 unspecified atom stereocenters. The molecule has 2 heterocycles. The van der Waals surface area contributed by atoms with Crippen LogP contribution in [0.3, 0.4) is 0 Å². The van der Waals surface area contributed by atoms with E-state index in [9.17, 15) is 22.8 Å². The molecule has 3 amide bonds. The lowest BCUT2D eigenvalue weighted by molar-refractivity contribution is -0.126. The quantitative estimate of drug-likeness (QED) is 0.720. The maximum atomic E-state index is 13.2. The smallest absolute Gasteiger partial charge is 0.261 e. The van der Waals surface area contributed by atoms with Gasteiger partial charge in [-0.2, -0.15) is 4.31 Å². The summed E-state index contributed by atoms with van der Waals surface area (Å²) in [7, 11) is -3.93. The lowest BCUT2D eigenvalue weighted by Crippen LogP contribution is -2.53. The van der Waals surface area contributed by atoms with Gasteiger partial charge in [0.2, 0.25) is 15.9 Å². The number of imide groups is 1. The number of piperazine rings is 1. The van der Waals surface area contributed by atoms with E-state index in [0.717, 1.165) is 10.5 Å². The second kappa shape index (κ2) is 7.66. The molecule has 4 rings (SSSR count). The highest BCUT2D eigenvalue weighted by Gasteiger charge is 2.41. The van der Waals surface area contributed by atoms with Crippen LogP contribution in [0.25, 0.3) is 0 Å². The van der Waals surface area contributed by atoms with Crippen LogP contribution >= 0.6 is 0 Å². The zero-order valence-electron chi connectivity index (χ0n) is 16.4. The Kier molecular flexibility index (Phi) is 5.17. The predicted octanol–water partition coefficient (Wildman–Crippen LogP) is 1.09. The number of fused-ring (bicyclic) bond motifs is 1. The molecule has 0 aromatic heterocycles. The summed E-state index contributed by atoms with van der Waals surface area (Å²) in [4.78, 5) is 38.6. The molecular weight excluding hydrogens is 406 g/mol. The van der Waals surface area contributed by atoms with Crippen molar-refractivity contribution < 1.29 is 22.8 Å². The molecule has 1 atom stereocenters. The van der Waals surface area contributed by atoms with Crippen LogP contribution in [0, 0.1) is 6.92 Å². The summed E-state index contributed by atoms with van der Waals surface area (Å²) in [6.07, 6.45) is 0. The van der Waals surface area contributed by atoms with Gasteiger partial charge in [-0.1, -0.05) is 36.4 Å². The predicted molar refractivity (Wildman–Crippen MR) is 109 cm³/mol. The highest BCUT2D eigenvalue weighted by Crippen LogP contribution is 2.29. The Bertz CT molecular complexity index is 1110. The molecule has 156 valence electrons. The van der Waals surface area contributed by atoms with E-state index in [4.69, 9.17) is 0 Å². The van der Waals surface area contributed by atoms with Gasteiger partial charge in [0.1, 0.15) is 6.04 Å². The normalized spacial score (nSPS) is 19.7. The van der Waals surface area contributed by atoms with Crippen LogP contribution in [0.15, 0.2) is 48.5 Å². The molecule has 0 radical (unpaired) electrons. The molecule has 0 spiro atoms. The maximum absolute atomic E-state index is 13.2. The first-order valence-electron chi connectivity index (χ1n) is 9.59. The molecule has 8 nitrogen and oxygen atoms in total. The third-order valence-corrected chi connectivity index (χ3v) is 7.27. The minimum Gasteiger partial charge on any atom is -0.353 e. The monoisotopic (exact) mass is 427 g/mol. The first kappa shape index (κ1) is 20.2. The van der Waals surface area contributed by atoms with E-state index in [-0.39, 0.29) is 36.7 Å². The van der Waals surface area contributed by atoms with Gasteiger partial charge in [-0.25, -0.2) is 8.42 Å². The highest BCUT2D eigenvalue weighted by molar-refractivity contribution is 7.89. The fourth-order valence-electron chi connectivity index (χ4n) is 3.90. The van der Waals surface area contributed by atoms with Crippen LogP contribution in [-0.2, 0) is 14.8 Å². The van der Waals surface area contributed by atoms with Gasteiger partial charge in [0, 0.05) is 19.6 Å². The molecule has 0 aliphatic carbocycles. The maximum Gasteiger partial charge on any atom is 0.261 e. The molecule has 2 aromatic carbocycles. The summed E-state index contributed by atoms with van der Waals surface area (Å²) in [6, 6.07) is 12.6. The fourth-order valence-corrected chi connectivity index (χ4v) is 5.45. The first-order valence-corrected chi connectivity index (χ1v) is 11.2. The highest BCUT2D eigenvalue weighted by atomic mass is 32.2. The van der Waals surface area contributed by atoms with Gasteiger partial charge >= 0.3 is 0 Å². The van der Waals surface area contributed by atoms with Crippen molar-refractivity contribution in [2.45, 2.75) is 13.0 Å². The molecule has 2 aromatic rings. The number of nitrogens with zero attached hydrogens (tertiary/aromatic N) is 2. The van der Waals surface area contributed by atoms with Crippen molar-refractivity contribution in [2.24, 2.45) is 0 Å². The van der Waals surface area contributed by atoms with Crippen LogP contribution in [-0.4, -0.2) is 60.7 Å². The Morgan fingerprint density at radius 1 is 0.967 bits per heavy atom. The van der Waals surface area contributed by atoms with Gasteiger partial charge in [-0.15, -0.1) is 0 Å². The van der Waals surface area contributed by atoms with Crippen LogP contribution in [0.1, 0.15) is 37.9 Å². The van der Waals surface area contributed by atoms with E-state index in [1.165, 1.54) is 4.31 Å². The number of nitrogens with one attached hydrogen (secondary N) is 1. The van der Waals surface area contributed by atoms with Crippen molar-refractivity contribution in [3.8, 4) is 0 Å². The zero-order chi connectivity index (χ0) is 21.5. The summed E-state index contributed by atoms with van der Waals surface area (Å²) < 4.78 is 27.5. The van der Waals surface area contributed by atoms with Gasteiger partial charge in [0.25, 0.3) is 11.8 Å². The van der Waals surface area contributed by atoms with Crippen LogP contribution < -0.4 is 5.32 Å². The number of amides is 3. The first-order chi connectivity index (χ1) is 14.3. The Balaban J connectivity index is 1.57. The Labute approximate surface area is 174 Å². The van der Waals surface area contributed by atoms with Gasteiger partial charge < -0.3 is 5.32 Å². The molecule has 1 N–H and O–H groups in total. The van der Waals surface area contributed by atoms with E-state index < -0.39 is 33.6 Å². The molecule has 30 heavy (non-hydrogen) atoms. The summed E-state index contributed by atoms with van der Waals surface area (Å²) in [5.74, 6) is -1.84. The molecule has 1 fully saturated rings. The van der Waals surface area contributed by atoms with Crippen molar-refractivity contribution in [3.05, 3.63) is 70.8 Å². The standard InChI is InChI=1S/C21H21N3O5S/c1-14-6-2-3-7-15(14)18-19(25)22-10-11-24(18)30(28,29)13-12-23-20(26)16-8-4-5-9-17(16)21(23)27/h2-9,18H,10-13H2,1H3,(H,22,25). The minimum absolute atomic E-state index is 0.120. The molecule has 1 saturated heterocycles. The largest absolute Gasteiger partial charge is 0.353 e. The van der Waals surface area contributed by atoms with Crippen molar-refractivity contribution in [2.75, 3.05) is 25.4 Å². The number of sulfonamides is 1. The third kappa shape index (κ3) is 3.40. The number of rotatable bonds is 5. The molecule has 2 aliphatic heterocycles. The van der Waals surface area contributed by atoms with Crippen molar-refractivity contribution in [3.63, 3.8) is 0 Å². The Hall–Kier alpha value is -3.04. The van der Waals surface area contributed by atoms with Crippen LogP contribution in [0.2, 0.25) is 0 Å². The molecular formula is C21H21N3O5S. The summed E-state index contributed by atoms with van der Waals surface area (Å²) >= 11 is 0. The van der Waals surface area contributed by atoms with Crippen molar-refractivity contribution in [1.82, 2.24) is 14.5 Å². The average molecular weight is 427 g/mol. The van der Waals surface area contributed by atoms with Gasteiger partial charge in [-0.05, 0) is 30.2 Å². The SMILES string of the molecule is Cc1ccccc1C1C(=O)NCCN1S(=O)(=O)CCN1C(=O)c2ccccc2C1=O. The number of aryl methyl sites for hydroxylation is 1. The molecule has 2 aliphatic rings. The van der Waals surface area contributed by atoms with Gasteiger partial charge in [0.15, 0.2) is 0 Å². The fraction of sp³-hybridized carbons (Fsp3) is 0.286. The number of carbonyl (C=O) groups excluding carboxylic acids is 3. The summed E-state index contributed by atoms with van der Waals surface area (Å²) in [5.41, 5.74) is 1.96. The van der Waals surface area contributed by atoms with Gasteiger partial charge in [0.05, 0.1) is 16.9 Å². The number of hydrogen-bond acceptors (Lipinski definition) is 5. The lowest BCUT2D eigenvalue weighted by Gasteiger charge is -2.35. The van der Waals surface area contributed by atoms with E-state index in [1.807, 2.05) is 19.1 Å². The van der Waals surface area contributed by atoms with Crippen LogP contribution in [0.5, 0.6) is 0 Å². The summed E-state index contributed by atoms with van der Waals surface area (Å²) in [6.45, 7) is 1.87. The van der Waals surface area contributed by atoms with E-state index in [1.54, 1.807) is 36.4 Å². The average Bonchev–Trinajstić information content (AvgIpc) is 2.97. The number of hydrogen-bond donors (Lipinski definition) is 1. The molecule has 0 bridgehead atoms. The number of carbonyl (C=O) groups is 3. The lowest BCUT2D eigenvalue weighted by atomic mass is 9.99. The van der Waals surface area contributed by atoms with Crippen LogP contribution in [0.4, 0.5) is 0 Å². The topological polar surface area (TPSA) is 104 Å². The van der Waals surface area contributed by atoms with E-state index in [0.29, 0.717) is 5.56 Å². The van der Waals surface area contributed by atoms with Gasteiger partial charge in [-0.3, -0.25) is 19.3 Å². The Morgan fingerprint density at radius 2 is 1.57 bits per heavy atom. The third-order valence-electron chi connectivity index (χ3n) is 5.46. The van der Waals surface area contributed by atoms with E-state index >= 15 is 0 Å². The second-order valence-electron chi connectivity index (χ2n) is 7.28. The van der Waals surface area contributed by atoms with E-state index in [2.05, 4.69) is 5.32 Å². The molecule has 0 saturated carbocycles. The number of benzene rings is 2.